The second-order valence-electron chi connectivity index (χ2n) is 3.78. The average Bonchev–Trinajstić information content (AvgIpc) is 2.03. The van der Waals surface area contributed by atoms with E-state index in [-0.39, 0.29) is 11.9 Å². The van der Waals surface area contributed by atoms with Gasteiger partial charge in [-0.25, -0.2) is 0 Å². The molecule has 14 heavy (non-hydrogen) atoms. The molecule has 0 saturated heterocycles. The van der Waals surface area contributed by atoms with Crippen LogP contribution in [0.3, 0.4) is 0 Å². The number of carbonyl (C=O) groups excluding carboxylic acids is 1. The Balaban J connectivity index is 3.63. The fraction of sp³-hybridized carbons (Fsp3) is 0.900. The van der Waals surface area contributed by atoms with Crippen molar-refractivity contribution in [2.45, 2.75) is 32.7 Å². The molecule has 1 amide bonds. The summed E-state index contributed by atoms with van der Waals surface area (Å²) in [7, 11) is 1.90. The lowest BCUT2D eigenvalue weighted by molar-refractivity contribution is -0.122. The van der Waals surface area contributed by atoms with E-state index in [1.807, 2.05) is 18.9 Å². The Hall–Kier alpha value is -0.610. The molecule has 0 aliphatic rings. The summed E-state index contributed by atoms with van der Waals surface area (Å²) in [6.07, 6.45) is 2.13. The monoisotopic (exact) mass is 201 g/mol. The summed E-state index contributed by atoms with van der Waals surface area (Å²) >= 11 is 0. The number of rotatable bonds is 7. The molecular weight excluding hydrogens is 178 g/mol. The molecule has 1 unspecified atom stereocenters. The second-order valence-corrected chi connectivity index (χ2v) is 3.78. The molecule has 0 bridgehead atoms. The first-order valence-corrected chi connectivity index (χ1v) is 5.28. The number of nitrogens with zero attached hydrogens (tertiary/aromatic N) is 1. The Morgan fingerprint density at radius 2 is 2.21 bits per heavy atom. The average molecular weight is 201 g/mol. The lowest BCUT2D eigenvalue weighted by Crippen LogP contribution is -2.40. The van der Waals surface area contributed by atoms with Gasteiger partial charge in [-0.05, 0) is 20.4 Å². The van der Waals surface area contributed by atoms with Crippen molar-refractivity contribution in [1.29, 1.82) is 0 Å². The molecule has 3 N–H and O–H groups in total. The van der Waals surface area contributed by atoms with Crippen molar-refractivity contribution in [3.63, 3.8) is 0 Å². The minimum absolute atomic E-state index is 0.0851. The highest BCUT2D eigenvalue weighted by atomic mass is 16.2. The Bertz CT molecular complexity index is 145. The summed E-state index contributed by atoms with van der Waals surface area (Å²) < 4.78 is 0. The second kappa shape index (κ2) is 7.76. The molecule has 4 heteroatoms. The van der Waals surface area contributed by atoms with Crippen molar-refractivity contribution >= 4 is 5.91 Å². The Morgan fingerprint density at radius 3 is 2.71 bits per heavy atom. The molecule has 0 aromatic carbocycles. The topological polar surface area (TPSA) is 58.4 Å². The largest absolute Gasteiger partial charge is 0.353 e. The van der Waals surface area contributed by atoms with Crippen LogP contribution in [-0.4, -0.2) is 43.5 Å². The summed E-state index contributed by atoms with van der Waals surface area (Å²) in [4.78, 5) is 13.3. The van der Waals surface area contributed by atoms with Crippen LogP contribution in [0.15, 0.2) is 0 Å². The maximum Gasteiger partial charge on any atom is 0.234 e. The van der Waals surface area contributed by atoms with Crippen molar-refractivity contribution in [2.24, 2.45) is 5.73 Å². The fourth-order valence-corrected chi connectivity index (χ4v) is 1.37. The van der Waals surface area contributed by atoms with Gasteiger partial charge in [-0.15, -0.1) is 0 Å². The van der Waals surface area contributed by atoms with Crippen LogP contribution in [0.2, 0.25) is 0 Å². The third kappa shape index (κ3) is 6.86. The van der Waals surface area contributed by atoms with Gasteiger partial charge in [-0.2, -0.15) is 0 Å². The summed E-state index contributed by atoms with van der Waals surface area (Å²) in [5.41, 5.74) is 5.38. The van der Waals surface area contributed by atoms with Crippen LogP contribution < -0.4 is 11.1 Å². The maximum atomic E-state index is 11.4. The van der Waals surface area contributed by atoms with Crippen molar-refractivity contribution in [3.05, 3.63) is 0 Å². The summed E-state index contributed by atoms with van der Waals surface area (Å²) in [6, 6.07) is 0.277. The zero-order valence-electron chi connectivity index (χ0n) is 9.55. The van der Waals surface area contributed by atoms with E-state index in [0.717, 1.165) is 19.4 Å². The van der Waals surface area contributed by atoms with Crippen molar-refractivity contribution in [1.82, 2.24) is 10.2 Å². The van der Waals surface area contributed by atoms with Gasteiger partial charge >= 0.3 is 0 Å². The van der Waals surface area contributed by atoms with Crippen molar-refractivity contribution in [2.75, 3.05) is 26.7 Å². The van der Waals surface area contributed by atoms with Crippen LogP contribution in [0.4, 0.5) is 0 Å². The van der Waals surface area contributed by atoms with Gasteiger partial charge in [0.05, 0.1) is 6.54 Å². The van der Waals surface area contributed by atoms with Gasteiger partial charge in [0.1, 0.15) is 0 Å². The van der Waals surface area contributed by atoms with Gasteiger partial charge in [0.15, 0.2) is 0 Å². The molecule has 0 aliphatic heterocycles. The third-order valence-electron chi connectivity index (χ3n) is 2.05. The molecule has 0 rings (SSSR count). The summed E-state index contributed by atoms with van der Waals surface area (Å²) in [6.45, 7) is 5.93. The first-order chi connectivity index (χ1) is 6.60. The number of carbonyl (C=O) groups is 1. The Morgan fingerprint density at radius 1 is 1.57 bits per heavy atom. The van der Waals surface area contributed by atoms with Gasteiger partial charge in [-0.1, -0.05) is 13.3 Å². The first kappa shape index (κ1) is 13.4. The highest BCUT2D eigenvalue weighted by Crippen LogP contribution is 1.94. The number of hydrogen-bond acceptors (Lipinski definition) is 3. The predicted molar refractivity (Wildman–Crippen MR) is 59.1 cm³/mol. The van der Waals surface area contributed by atoms with Crippen molar-refractivity contribution in [3.8, 4) is 0 Å². The maximum absolute atomic E-state index is 11.4. The van der Waals surface area contributed by atoms with Gasteiger partial charge in [0.2, 0.25) is 5.91 Å². The smallest absolute Gasteiger partial charge is 0.234 e. The minimum Gasteiger partial charge on any atom is -0.353 e. The molecule has 4 nitrogen and oxygen atoms in total. The molecule has 0 fully saturated rings. The van der Waals surface area contributed by atoms with Crippen LogP contribution in [0.25, 0.3) is 0 Å². The third-order valence-corrected chi connectivity index (χ3v) is 2.05. The molecule has 0 saturated carbocycles. The molecule has 0 aromatic heterocycles. The van der Waals surface area contributed by atoms with Gasteiger partial charge in [0.25, 0.3) is 0 Å². The van der Waals surface area contributed by atoms with Crippen molar-refractivity contribution < 1.29 is 4.79 Å². The normalized spacial score (nSPS) is 12.9. The van der Waals surface area contributed by atoms with E-state index in [9.17, 15) is 4.79 Å². The molecule has 0 aromatic rings. The van der Waals surface area contributed by atoms with Crippen LogP contribution >= 0.6 is 0 Å². The first-order valence-electron chi connectivity index (χ1n) is 5.28. The Kier molecular flexibility index (Phi) is 7.42. The molecular formula is C10H23N3O. The van der Waals surface area contributed by atoms with E-state index in [4.69, 9.17) is 5.73 Å². The predicted octanol–water partition coefficient (Wildman–Crippen LogP) is 0.182. The molecule has 84 valence electrons. The lowest BCUT2D eigenvalue weighted by Gasteiger charge is -2.17. The molecule has 0 radical (unpaired) electrons. The van der Waals surface area contributed by atoms with E-state index < -0.39 is 0 Å². The van der Waals surface area contributed by atoms with Crippen LogP contribution in [0.5, 0.6) is 0 Å². The zero-order chi connectivity index (χ0) is 11.0. The van der Waals surface area contributed by atoms with Crippen LogP contribution in [-0.2, 0) is 4.79 Å². The van der Waals surface area contributed by atoms with Gasteiger partial charge in [0, 0.05) is 19.1 Å². The zero-order valence-corrected chi connectivity index (χ0v) is 9.55. The summed E-state index contributed by atoms with van der Waals surface area (Å²) in [5.74, 6) is 0.0851. The Labute approximate surface area is 86.8 Å². The molecule has 1 atom stereocenters. The number of nitrogens with one attached hydrogen (secondary N) is 1. The highest BCUT2D eigenvalue weighted by molar-refractivity contribution is 5.78. The lowest BCUT2D eigenvalue weighted by atomic mass is 10.2. The van der Waals surface area contributed by atoms with E-state index in [1.165, 1.54) is 0 Å². The molecule has 0 spiro atoms. The van der Waals surface area contributed by atoms with E-state index in [1.54, 1.807) is 0 Å². The number of hydrogen-bond donors (Lipinski definition) is 2. The number of likely N-dealkylation sites (N-methyl/N-ethyl adjacent to an activating group) is 1. The molecule has 0 heterocycles. The van der Waals surface area contributed by atoms with E-state index in [2.05, 4.69) is 12.2 Å². The van der Waals surface area contributed by atoms with Gasteiger partial charge < -0.3 is 11.1 Å². The van der Waals surface area contributed by atoms with Gasteiger partial charge in [-0.3, -0.25) is 9.69 Å². The number of amides is 1. The van der Waals surface area contributed by atoms with Crippen LogP contribution in [0, 0.1) is 0 Å². The number of nitrogens with two attached hydrogens (primary N) is 1. The standard InChI is InChI=1S/C10H23N3O/c1-4-5-9(2)12-10(14)8-13(3)7-6-11/h9H,4-8,11H2,1-3H3,(H,12,14). The van der Waals surface area contributed by atoms with E-state index >= 15 is 0 Å². The minimum atomic E-state index is 0.0851. The molecule has 0 aliphatic carbocycles. The highest BCUT2D eigenvalue weighted by Gasteiger charge is 2.08. The van der Waals surface area contributed by atoms with Crippen LogP contribution in [0.1, 0.15) is 26.7 Å². The fourth-order valence-electron chi connectivity index (χ4n) is 1.37. The SMILES string of the molecule is CCCC(C)NC(=O)CN(C)CCN. The summed E-state index contributed by atoms with van der Waals surface area (Å²) in [5, 5.41) is 2.95. The van der Waals surface area contributed by atoms with E-state index in [0.29, 0.717) is 13.1 Å². The quantitative estimate of drug-likeness (QED) is 0.618.